The largest absolute Gasteiger partial charge is 0.466 e. The Hall–Kier alpha value is -1.92. The molecule has 77 heavy (non-hydrogen) atoms. The SMILES string of the molecule is CCCCC/C=C\C/C=C\CCCCCCCCCCCC(=O)OCCCCCCCCCCCCCC/C=C\CCCCCCCCCCCCCC(=O)NC(CO)C(O)CCCCCCCCCCCCCCCC. The maximum atomic E-state index is 12.5. The Morgan fingerprint density at radius 1 is 0.364 bits per heavy atom. The van der Waals surface area contributed by atoms with Gasteiger partial charge in [-0.25, -0.2) is 0 Å². The highest BCUT2D eigenvalue weighted by Crippen LogP contribution is 2.18. The summed E-state index contributed by atoms with van der Waals surface area (Å²) in [6.07, 6.45) is 84.7. The third-order valence-electron chi connectivity index (χ3n) is 16.2. The van der Waals surface area contributed by atoms with Crippen LogP contribution in [0.15, 0.2) is 36.5 Å². The molecular weight excluding hydrogens is 947 g/mol. The zero-order chi connectivity index (χ0) is 55.7. The first-order valence-electron chi connectivity index (χ1n) is 34.7. The molecule has 0 spiro atoms. The van der Waals surface area contributed by atoms with Crippen LogP contribution in [0.5, 0.6) is 0 Å². The molecule has 0 aliphatic heterocycles. The minimum absolute atomic E-state index is 0.0117. The second-order valence-electron chi connectivity index (χ2n) is 23.9. The number of nitrogens with one attached hydrogen (secondary N) is 1. The van der Waals surface area contributed by atoms with Crippen molar-refractivity contribution in [2.75, 3.05) is 13.2 Å². The molecule has 0 bridgehead atoms. The monoisotopic (exact) mass is 1080 g/mol. The maximum absolute atomic E-state index is 12.5. The van der Waals surface area contributed by atoms with Gasteiger partial charge in [-0.1, -0.05) is 320 Å². The van der Waals surface area contributed by atoms with Crippen LogP contribution in [-0.2, 0) is 14.3 Å². The molecule has 0 aromatic carbocycles. The van der Waals surface area contributed by atoms with Crippen molar-refractivity contribution >= 4 is 11.9 Å². The molecule has 0 fully saturated rings. The quantitative estimate of drug-likeness (QED) is 0.0320. The van der Waals surface area contributed by atoms with E-state index in [1.807, 2.05) is 0 Å². The zero-order valence-corrected chi connectivity index (χ0v) is 52.0. The fourth-order valence-corrected chi connectivity index (χ4v) is 10.8. The summed E-state index contributed by atoms with van der Waals surface area (Å²) >= 11 is 0. The summed E-state index contributed by atoms with van der Waals surface area (Å²) in [5, 5.41) is 23.3. The van der Waals surface area contributed by atoms with Gasteiger partial charge in [0.2, 0.25) is 5.91 Å². The molecule has 0 aromatic heterocycles. The number of allylic oxidation sites excluding steroid dienone is 6. The van der Waals surface area contributed by atoms with E-state index in [1.165, 1.54) is 295 Å². The van der Waals surface area contributed by atoms with Gasteiger partial charge in [0, 0.05) is 12.8 Å². The van der Waals surface area contributed by atoms with Gasteiger partial charge in [-0.3, -0.25) is 9.59 Å². The topological polar surface area (TPSA) is 95.9 Å². The third-order valence-corrected chi connectivity index (χ3v) is 16.2. The molecule has 0 rings (SSSR count). The predicted molar refractivity (Wildman–Crippen MR) is 338 cm³/mol. The summed E-state index contributed by atoms with van der Waals surface area (Å²) < 4.78 is 5.50. The fourth-order valence-electron chi connectivity index (χ4n) is 10.8. The lowest BCUT2D eigenvalue weighted by molar-refractivity contribution is -0.143. The normalized spacial score (nSPS) is 12.7. The predicted octanol–water partition coefficient (Wildman–Crippen LogP) is 22.3. The molecule has 0 radical (unpaired) electrons. The Balaban J connectivity index is 3.36. The zero-order valence-electron chi connectivity index (χ0n) is 52.0. The fraction of sp³-hybridized carbons (Fsp3) is 0.887. The molecule has 2 atom stereocenters. The Morgan fingerprint density at radius 2 is 0.649 bits per heavy atom. The lowest BCUT2D eigenvalue weighted by Crippen LogP contribution is -2.45. The van der Waals surface area contributed by atoms with Crippen LogP contribution in [-0.4, -0.2) is 47.4 Å². The van der Waals surface area contributed by atoms with Gasteiger partial charge < -0.3 is 20.3 Å². The van der Waals surface area contributed by atoms with Crippen LogP contribution in [0.25, 0.3) is 0 Å². The number of aliphatic hydroxyl groups excluding tert-OH is 2. The van der Waals surface area contributed by atoms with Crippen molar-refractivity contribution < 1.29 is 24.5 Å². The summed E-state index contributed by atoms with van der Waals surface area (Å²) in [6, 6.07) is -0.542. The molecule has 0 aromatic rings. The van der Waals surface area contributed by atoms with Crippen molar-refractivity contribution in [1.29, 1.82) is 0 Å². The first kappa shape index (κ1) is 75.1. The number of aliphatic hydroxyl groups is 2. The number of ether oxygens (including phenoxy) is 1. The summed E-state index contributed by atoms with van der Waals surface area (Å²) in [5.41, 5.74) is 0. The van der Waals surface area contributed by atoms with Crippen molar-refractivity contribution in [3.8, 4) is 0 Å². The Morgan fingerprint density at radius 3 is 1.03 bits per heavy atom. The van der Waals surface area contributed by atoms with Gasteiger partial charge in [0.25, 0.3) is 0 Å². The van der Waals surface area contributed by atoms with E-state index in [9.17, 15) is 19.8 Å². The minimum atomic E-state index is -0.664. The molecule has 0 saturated carbocycles. The molecule has 0 heterocycles. The van der Waals surface area contributed by atoms with Crippen LogP contribution >= 0.6 is 0 Å². The van der Waals surface area contributed by atoms with Crippen molar-refractivity contribution in [1.82, 2.24) is 5.32 Å². The van der Waals surface area contributed by atoms with Crippen molar-refractivity contribution in [2.45, 2.75) is 392 Å². The Kier molecular flexibility index (Phi) is 64.9. The van der Waals surface area contributed by atoms with Gasteiger partial charge in [0.05, 0.1) is 25.4 Å². The lowest BCUT2D eigenvalue weighted by atomic mass is 10.0. The van der Waals surface area contributed by atoms with Gasteiger partial charge in [0.1, 0.15) is 0 Å². The molecule has 0 saturated heterocycles. The van der Waals surface area contributed by atoms with Crippen LogP contribution in [0.3, 0.4) is 0 Å². The Bertz CT molecular complexity index is 1250. The number of hydrogen-bond donors (Lipinski definition) is 3. The molecule has 1 amide bonds. The van der Waals surface area contributed by atoms with Crippen LogP contribution < -0.4 is 5.32 Å². The standard InChI is InChI=1S/C71H135NO5/c1-3-5-7-9-11-13-15-17-19-20-30-34-37-41-45-49-53-57-61-65-71(76)77-66-62-58-54-50-46-42-38-35-32-29-27-25-23-21-22-24-26-28-31-33-36-40-44-48-52-56-60-64-70(75)72-68(67-73)69(74)63-59-55-51-47-43-39-18-16-14-12-10-8-6-4-2/h11,13,17,19,21-22,68-69,73-74H,3-10,12,14-16,18,20,23-67H2,1-2H3,(H,72,75)/b13-11-,19-17-,22-21-. The van der Waals surface area contributed by atoms with Crippen molar-refractivity contribution in [3.63, 3.8) is 0 Å². The molecule has 6 heteroatoms. The highest BCUT2D eigenvalue weighted by Gasteiger charge is 2.20. The van der Waals surface area contributed by atoms with E-state index in [1.54, 1.807) is 0 Å². The molecule has 0 aliphatic carbocycles. The summed E-state index contributed by atoms with van der Waals surface area (Å²) in [4.78, 5) is 24.6. The second-order valence-corrected chi connectivity index (χ2v) is 23.9. The molecule has 6 nitrogen and oxygen atoms in total. The van der Waals surface area contributed by atoms with E-state index >= 15 is 0 Å². The minimum Gasteiger partial charge on any atom is -0.466 e. The number of rotatable bonds is 65. The molecule has 0 aliphatic rings. The highest BCUT2D eigenvalue weighted by atomic mass is 16.5. The smallest absolute Gasteiger partial charge is 0.305 e. The van der Waals surface area contributed by atoms with Gasteiger partial charge in [-0.15, -0.1) is 0 Å². The molecule has 454 valence electrons. The number of esters is 1. The Labute approximate surface area is 481 Å². The van der Waals surface area contributed by atoms with Gasteiger partial charge in [-0.2, -0.15) is 0 Å². The van der Waals surface area contributed by atoms with Crippen LogP contribution in [0.2, 0.25) is 0 Å². The van der Waals surface area contributed by atoms with E-state index in [-0.39, 0.29) is 18.5 Å². The van der Waals surface area contributed by atoms with Crippen LogP contribution in [0.1, 0.15) is 380 Å². The number of hydrogen-bond acceptors (Lipinski definition) is 5. The van der Waals surface area contributed by atoms with Crippen LogP contribution in [0.4, 0.5) is 0 Å². The number of carbonyl (C=O) groups is 2. The lowest BCUT2D eigenvalue weighted by Gasteiger charge is -2.22. The van der Waals surface area contributed by atoms with E-state index in [2.05, 4.69) is 55.6 Å². The van der Waals surface area contributed by atoms with E-state index in [4.69, 9.17) is 4.74 Å². The average molecular weight is 1080 g/mol. The molecular formula is C71H135NO5. The van der Waals surface area contributed by atoms with Crippen molar-refractivity contribution in [3.05, 3.63) is 36.5 Å². The van der Waals surface area contributed by atoms with E-state index in [0.29, 0.717) is 25.9 Å². The molecule has 2 unspecified atom stereocenters. The van der Waals surface area contributed by atoms with Crippen LogP contribution in [0, 0.1) is 0 Å². The number of carbonyl (C=O) groups excluding carboxylic acids is 2. The summed E-state index contributed by atoms with van der Waals surface area (Å²) in [5.74, 6) is -0.0222. The maximum Gasteiger partial charge on any atom is 0.305 e. The highest BCUT2D eigenvalue weighted by molar-refractivity contribution is 5.76. The van der Waals surface area contributed by atoms with Gasteiger partial charge in [0.15, 0.2) is 0 Å². The van der Waals surface area contributed by atoms with Crippen molar-refractivity contribution in [2.24, 2.45) is 0 Å². The van der Waals surface area contributed by atoms with E-state index in [0.717, 1.165) is 51.4 Å². The first-order chi connectivity index (χ1) is 38.0. The van der Waals surface area contributed by atoms with Gasteiger partial charge in [-0.05, 0) is 83.5 Å². The summed E-state index contributed by atoms with van der Waals surface area (Å²) in [7, 11) is 0. The second kappa shape index (κ2) is 66.6. The third kappa shape index (κ3) is 63.1. The number of amides is 1. The van der Waals surface area contributed by atoms with E-state index < -0.39 is 12.1 Å². The summed E-state index contributed by atoms with van der Waals surface area (Å²) in [6.45, 7) is 4.95. The van der Waals surface area contributed by atoms with Gasteiger partial charge >= 0.3 is 5.97 Å². The average Bonchev–Trinajstić information content (AvgIpc) is 3.43. The molecule has 3 N–H and O–H groups in total. The number of unbranched alkanes of at least 4 members (excludes halogenated alkanes) is 48. The first-order valence-corrected chi connectivity index (χ1v) is 34.7.